The van der Waals surface area contributed by atoms with Gasteiger partial charge < -0.3 is 15.6 Å². The predicted octanol–water partition coefficient (Wildman–Crippen LogP) is 1.20. The largest absolute Gasteiger partial charge is 0.459 e. The Hall–Kier alpha value is -0.910. The molecule has 1 aromatic rings. The van der Waals surface area contributed by atoms with Gasteiger partial charge in [-0.2, -0.15) is 0 Å². The van der Waals surface area contributed by atoms with E-state index >= 15 is 0 Å². The Bertz CT molecular complexity index is 340. The van der Waals surface area contributed by atoms with E-state index in [4.69, 9.17) is 10.5 Å². The van der Waals surface area contributed by atoms with Crippen LogP contribution in [0.2, 0.25) is 0 Å². The molecule has 0 saturated carbocycles. The number of carbonyl (C=O) groups excluding carboxylic acids is 1. The number of hydrogen-bond donors (Lipinski definition) is 2. The van der Waals surface area contributed by atoms with E-state index in [0.717, 1.165) is 10.0 Å². The van der Waals surface area contributed by atoms with E-state index in [-0.39, 0.29) is 19.6 Å². The molecule has 0 fully saturated rings. The molecule has 1 rings (SSSR count). The fourth-order valence-corrected chi connectivity index (χ4v) is 1.37. The summed E-state index contributed by atoms with van der Waals surface area (Å²) in [4.78, 5) is 11.2. The zero-order chi connectivity index (χ0) is 12.0. The van der Waals surface area contributed by atoms with Crippen molar-refractivity contribution < 1.29 is 14.6 Å². The summed E-state index contributed by atoms with van der Waals surface area (Å²) in [6.45, 7) is 0.419. The average Bonchev–Trinajstić information content (AvgIpc) is 2.28. The Morgan fingerprint density at radius 1 is 1.44 bits per heavy atom. The lowest BCUT2D eigenvalue weighted by atomic mass is 10.2. The van der Waals surface area contributed by atoms with Crippen molar-refractivity contribution in [2.45, 2.75) is 19.1 Å². The highest BCUT2D eigenvalue weighted by Gasteiger charge is 2.15. The van der Waals surface area contributed by atoms with Gasteiger partial charge in [-0.05, 0) is 30.7 Å². The molecule has 0 amide bonds. The number of nitrogens with two attached hydrogens (primary N) is 1. The van der Waals surface area contributed by atoms with Crippen molar-refractivity contribution in [3.05, 3.63) is 34.3 Å². The summed E-state index contributed by atoms with van der Waals surface area (Å²) in [5, 5.41) is 9.28. The number of esters is 1. The van der Waals surface area contributed by atoms with Gasteiger partial charge in [0.1, 0.15) is 6.61 Å². The molecule has 0 heterocycles. The van der Waals surface area contributed by atoms with Crippen molar-refractivity contribution in [3.8, 4) is 0 Å². The van der Waals surface area contributed by atoms with Crippen LogP contribution in [0.5, 0.6) is 0 Å². The fraction of sp³-hybridized carbons (Fsp3) is 0.364. The lowest BCUT2D eigenvalue weighted by molar-refractivity contribution is -0.155. The molecule has 0 aromatic heterocycles. The molecule has 0 aliphatic carbocycles. The Labute approximate surface area is 103 Å². The van der Waals surface area contributed by atoms with Gasteiger partial charge in [0.05, 0.1) is 0 Å². The van der Waals surface area contributed by atoms with Gasteiger partial charge in [0.25, 0.3) is 0 Å². The normalized spacial score (nSPS) is 12.2. The minimum absolute atomic E-state index is 0.160. The second-order valence-corrected chi connectivity index (χ2v) is 4.24. The zero-order valence-corrected chi connectivity index (χ0v) is 10.3. The van der Waals surface area contributed by atoms with E-state index in [1.165, 1.54) is 0 Å². The second kappa shape index (κ2) is 6.62. The summed E-state index contributed by atoms with van der Waals surface area (Å²) in [5.41, 5.74) is 6.09. The molecule has 0 spiro atoms. The van der Waals surface area contributed by atoms with Crippen LogP contribution in [0.1, 0.15) is 12.0 Å². The van der Waals surface area contributed by atoms with Crippen LogP contribution in [0.25, 0.3) is 0 Å². The number of rotatable bonds is 5. The minimum Gasteiger partial charge on any atom is -0.459 e. The Kier molecular flexibility index (Phi) is 5.45. The first-order valence-electron chi connectivity index (χ1n) is 4.92. The van der Waals surface area contributed by atoms with Crippen LogP contribution in [0.3, 0.4) is 0 Å². The van der Waals surface area contributed by atoms with Crippen LogP contribution in [0.15, 0.2) is 28.7 Å². The van der Waals surface area contributed by atoms with E-state index in [9.17, 15) is 9.90 Å². The van der Waals surface area contributed by atoms with Gasteiger partial charge >= 0.3 is 5.97 Å². The Morgan fingerprint density at radius 2 is 2.06 bits per heavy atom. The summed E-state index contributed by atoms with van der Waals surface area (Å²) in [7, 11) is 0. The fourth-order valence-electron chi connectivity index (χ4n) is 1.11. The van der Waals surface area contributed by atoms with Crippen molar-refractivity contribution in [1.82, 2.24) is 0 Å². The van der Waals surface area contributed by atoms with Gasteiger partial charge in [-0.3, -0.25) is 0 Å². The second-order valence-electron chi connectivity index (χ2n) is 3.33. The summed E-state index contributed by atoms with van der Waals surface area (Å²) in [6, 6.07) is 7.40. The number of aliphatic hydroxyl groups excluding tert-OH is 1. The lowest BCUT2D eigenvalue weighted by Crippen LogP contribution is -2.25. The third-order valence-corrected chi connectivity index (χ3v) is 2.54. The van der Waals surface area contributed by atoms with Crippen molar-refractivity contribution >= 4 is 21.9 Å². The molecule has 88 valence electrons. The number of ether oxygens (including phenoxy) is 1. The summed E-state index contributed by atoms with van der Waals surface area (Å²) in [6.07, 6.45) is -0.903. The van der Waals surface area contributed by atoms with Gasteiger partial charge in [-0.15, -0.1) is 0 Å². The van der Waals surface area contributed by atoms with Crippen LogP contribution in [-0.2, 0) is 16.1 Å². The molecule has 0 aliphatic heterocycles. The molecule has 0 saturated heterocycles. The van der Waals surface area contributed by atoms with E-state index in [1.807, 2.05) is 24.3 Å². The monoisotopic (exact) mass is 287 g/mol. The molecule has 1 unspecified atom stereocenters. The van der Waals surface area contributed by atoms with Crippen molar-refractivity contribution in [3.63, 3.8) is 0 Å². The van der Waals surface area contributed by atoms with E-state index in [2.05, 4.69) is 15.9 Å². The maximum atomic E-state index is 11.2. The first-order chi connectivity index (χ1) is 7.63. The first-order valence-corrected chi connectivity index (χ1v) is 5.72. The maximum Gasteiger partial charge on any atom is 0.335 e. The van der Waals surface area contributed by atoms with Gasteiger partial charge in [0, 0.05) is 4.47 Å². The van der Waals surface area contributed by atoms with Crippen LogP contribution in [-0.4, -0.2) is 23.7 Å². The molecule has 5 heteroatoms. The molecule has 16 heavy (non-hydrogen) atoms. The van der Waals surface area contributed by atoms with Gasteiger partial charge in [0.15, 0.2) is 6.10 Å². The quantitative estimate of drug-likeness (QED) is 0.799. The highest BCUT2D eigenvalue weighted by atomic mass is 79.9. The van der Waals surface area contributed by atoms with E-state index < -0.39 is 12.1 Å². The van der Waals surface area contributed by atoms with Crippen molar-refractivity contribution in [1.29, 1.82) is 0 Å². The Morgan fingerprint density at radius 3 is 2.62 bits per heavy atom. The molecule has 0 aliphatic rings. The lowest BCUT2D eigenvalue weighted by Gasteiger charge is -2.09. The maximum absolute atomic E-state index is 11.2. The molecule has 0 bridgehead atoms. The average molecular weight is 288 g/mol. The van der Waals surface area contributed by atoms with Crippen LogP contribution < -0.4 is 5.73 Å². The number of benzene rings is 1. The third-order valence-electron chi connectivity index (χ3n) is 2.01. The standard InChI is InChI=1S/C11H14BrNO3/c12-9-3-1-8(2-4-9)7-16-11(15)10(14)5-6-13/h1-4,10,14H,5-7,13H2. The topological polar surface area (TPSA) is 72.5 Å². The molecule has 1 aromatic carbocycles. The highest BCUT2D eigenvalue weighted by Crippen LogP contribution is 2.11. The van der Waals surface area contributed by atoms with Crippen LogP contribution in [0.4, 0.5) is 0 Å². The highest BCUT2D eigenvalue weighted by molar-refractivity contribution is 9.10. The number of carbonyl (C=O) groups is 1. The predicted molar refractivity (Wildman–Crippen MR) is 63.6 cm³/mol. The molecule has 3 N–H and O–H groups in total. The minimum atomic E-state index is -1.12. The SMILES string of the molecule is NCCC(O)C(=O)OCc1ccc(Br)cc1. The van der Waals surface area contributed by atoms with Crippen molar-refractivity contribution in [2.75, 3.05) is 6.54 Å². The van der Waals surface area contributed by atoms with Crippen molar-refractivity contribution in [2.24, 2.45) is 5.73 Å². The summed E-state index contributed by atoms with van der Waals surface area (Å²) >= 11 is 3.31. The number of aliphatic hydroxyl groups is 1. The van der Waals surface area contributed by atoms with Gasteiger partial charge in [-0.1, -0.05) is 28.1 Å². The molecule has 1 atom stereocenters. The molecule has 4 nitrogen and oxygen atoms in total. The van der Waals surface area contributed by atoms with E-state index in [0.29, 0.717) is 0 Å². The summed E-state index contributed by atoms with van der Waals surface area (Å²) in [5.74, 6) is -0.631. The van der Waals surface area contributed by atoms with Gasteiger partial charge in [0.2, 0.25) is 0 Å². The molecular formula is C11H14BrNO3. The zero-order valence-electron chi connectivity index (χ0n) is 8.73. The molecular weight excluding hydrogens is 274 g/mol. The third kappa shape index (κ3) is 4.30. The number of hydrogen-bond acceptors (Lipinski definition) is 4. The summed E-state index contributed by atoms with van der Waals surface area (Å²) < 4.78 is 5.89. The smallest absolute Gasteiger partial charge is 0.335 e. The van der Waals surface area contributed by atoms with E-state index in [1.54, 1.807) is 0 Å². The van der Waals surface area contributed by atoms with Crippen LogP contribution >= 0.6 is 15.9 Å². The Balaban J connectivity index is 2.39. The first kappa shape index (κ1) is 13.2. The number of halogens is 1. The van der Waals surface area contributed by atoms with Gasteiger partial charge in [-0.25, -0.2) is 4.79 Å². The molecule has 0 radical (unpaired) electrons. The van der Waals surface area contributed by atoms with Crippen LogP contribution in [0, 0.1) is 0 Å².